The first-order chi connectivity index (χ1) is 10.0. The highest BCUT2D eigenvalue weighted by Crippen LogP contribution is 2.42. The highest BCUT2D eigenvalue weighted by atomic mass is 16.6. The van der Waals surface area contributed by atoms with Gasteiger partial charge in [0.05, 0.1) is 11.8 Å². The second kappa shape index (κ2) is 4.92. The molecule has 0 saturated carbocycles. The molecular weight excluding hydrogens is 278 g/mol. The first-order valence-corrected chi connectivity index (χ1v) is 6.50. The highest BCUT2D eigenvalue weighted by Gasteiger charge is 2.53. The van der Waals surface area contributed by atoms with Gasteiger partial charge in [0.1, 0.15) is 18.5 Å². The molecule has 4 atom stereocenters. The molecule has 1 heterocycles. The van der Waals surface area contributed by atoms with E-state index in [1.54, 1.807) is 6.08 Å². The van der Waals surface area contributed by atoms with Crippen LogP contribution in [0.1, 0.15) is 0 Å². The number of fused-ring (bicyclic) bond motifs is 3. The Balaban J connectivity index is 2.03. The van der Waals surface area contributed by atoms with Crippen LogP contribution in [0.4, 0.5) is 0 Å². The molecule has 7 heteroatoms. The van der Waals surface area contributed by atoms with Crippen molar-refractivity contribution in [2.24, 2.45) is 11.8 Å². The summed E-state index contributed by atoms with van der Waals surface area (Å²) in [5.74, 6) is -1.50. The third-order valence-corrected chi connectivity index (χ3v) is 3.97. The van der Waals surface area contributed by atoms with Gasteiger partial charge in [-0.15, -0.1) is 0 Å². The summed E-state index contributed by atoms with van der Waals surface area (Å²) < 4.78 is 10.6. The van der Waals surface area contributed by atoms with Crippen LogP contribution in [0.5, 0.6) is 0 Å². The lowest BCUT2D eigenvalue weighted by Crippen LogP contribution is -2.47. The summed E-state index contributed by atoms with van der Waals surface area (Å²) in [6, 6.07) is -1.07. The van der Waals surface area contributed by atoms with Crippen LogP contribution < -0.4 is 0 Å². The molecule has 110 valence electrons. The average Bonchev–Trinajstić information content (AvgIpc) is 2.85. The summed E-state index contributed by atoms with van der Waals surface area (Å²) in [4.78, 5) is 34.8. The quantitative estimate of drug-likeness (QED) is 0.553. The summed E-state index contributed by atoms with van der Waals surface area (Å²) >= 11 is 0. The third kappa shape index (κ3) is 2.09. The number of hydrogen-bond acceptors (Lipinski definition) is 6. The summed E-state index contributed by atoms with van der Waals surface area (Å²) in [5.41, 5.74) is 0.164. The molecule has 0 aromatic heterocycles. The number of hydrogen-bond donors (Lipinski definition) is 0. The molecule has 21 heavy (non-hydrogen) atoms. The van der Waals surface area contributed by atoms with Gasteiger partial charge in [0, 0.05) is 17.6 Å². The van der Waals surface area contributed by atoms with E-state index in [0.717, 1.165) is 6.08 Å². The van der Waals surface area contributed by atoms with Gasteiger partial charge in [-0.3, -0.25) is 19.7 Å². The van der Waals surface area contributed by atoms with E-state index in [4.69, 9.17) is 9.47 Å². The van der Waals surface area contributed by atoms with Crippen LogP contribution in [0, 0.1) is 22.0 Å². The molecule has 0 radical (unpaired) electrons. The Hall–Kier alpha value is -2.28. The van der Waals surface area contributed by atoms with E-state index in [9.17, 15) is 19.7 Å². The molecule has 0 fully saturated rings. The molecule has 2 aliphatic carbocycles. The molecule has 3 aliphatic rings. The summed E-state index contributed by atoms with van der Waals surface area (Å²) in [5, 5.41) is 11.3. The van der Waals surface area contributed by atoms with Crippen LogP contribution in [-0.2, 0) is 19.1 Å². The molecule has 7 nitrogen and oxygen atoms in total. The molecule has 0 aromatic carbocycles. The molecule has 0 N–H and O–H groups in total. The summed E-state index contributed by atoms with van der Waals surface area (Å²) in [6.45, 7) is 0.178. The monoisotopic (exact) mass is 291 g/mol. The van der Waals surface area contributed by atoms with Crippen LogP contribution >= 0.6 is 0 Å². The minimum absolute atomic E-state index is 0.164. The van der Waals surface area contributed by atoms with Crippen molar-refractivity contribution in [1.82, 2.24) is 0 Å². The van der Waals surface area contributed by atoms with Crippen LogP contribution in [0.15, 0.2) is 35.6 Å². The lowest BCUT2D eigenvalue weighted by Gasteiger charge is -2.33. The fourth-order valence-electron chi connectivity index (χ4n) is 3.10. The van der Waals surface area contributed by atoms with Crippen molar-refractivity contribution in [3.05, 3.63) is 45.8 Å². The lowest BCUT2D eigenvalue weighted by molar-refractivity contribution is -0.519. The average molecular weight is 291 g/mol. The van der Waals surface area contributed by atoms with Gasteiger partial charge < -0.3 is 9.47 Å². The van der Waals surface area contributed by atoms with E-state index >= 15 is 0 Å². The van der Waals surface area contributed by atoms with Crippen molar-refractivity contribution >= 4 is 11.6 Å². The zero-order valence-corrected chi connectivity index (χ0v) is 11.2. The van der Waals surface area contributed by atoms with Crippen molar-refractivity contribution in [2.45, 2.75) is 12.1 Å². The SMILES string of the molecule is COCC1=C[C@@H]2[C@H](O1)[C@@H]1C(=O)C=CC(=O)C1=C[C@@H]2[N+](=O)[O-]. The van der Waals surface area contributed by atoms with Gasteiger partial charge in [-0.25, -0.2) is 0 Å². The fourth-order valence-corrected chi connectivity index (χ4v) is 3.10. The van der Waals surface area contributed by atoms with E-state index in [-0.39, 0.29) is 23.7 Å². The topological polar surface area (TPSA) is 95.7 Å². The van der Waals surface area contributed by atoms with E-state index in [2.05, 4.69) is 0 Å². The molecule has 1 aliphatic heterocycles. The number of rotatable bonds is 3. The molecule has 0 spiro atoms. The zero-order chi connectivity index (χ0) is 15.1. The maximum atomic E-state index is 12.1. The number of nitrogens with zero attached hydrogens (tertiary/aromatic N) is 1. The van der Waals surface area contributed by atoms with E-state index in [0.29, 0.717) is 5.76 Å². The van der Waals surface area contributed by atoms with Crippen molar-refractivity contribution in [3.63, 3.8) is 0 Å². The number of methoxy groups -OCH3 is 1. The maximum Gasteiger partial charge on any atom is 0.241 e. The Labute approximate surface area is 120 Å². The van der Waals surface area contributed by atoms with Gasteiger partial charge in [0.25, 0.3) is 0 Å². The number of nitro groups is 1. The predicted molar refractivity (Wildman–Crippen MR) is 69.8 cm³/mol. The fraction of sp³-hybridized carbons (Fsp3) is 0.429. The van der Waals surface area contributed by atoms with Crippen molar-refractivity contribution in [2.75, 3.05) is 13.7 Å². The molecule has 0 amide bonds. The molecular formula is C14H13NO6. The third-order valence-electron chi connectivity index (χ3n) is 3.97. The second-order valence-electron chi connectivity index (χ2n) is 5.20. The van der Waals surface area contributed by atoms with E-state index in [1.807, 2.05) is 0 Å². The number of carbonyl (C=O) groups excluding carboxylic acids is 2. The van der Waals surface area contributed by atoms with E-state index < -0.39 is 28.9 Å². The van der Waals surface area contributed by atoms with Crippen molar-refractivity contribution in [1.29, 1.82) is 0 Å². The van der Waals surface area contributed by atoms with Crippen LogP contribution in [0.25, 0.3) is 0 Å². The van der Waals surface area contributed by atoms with Gasteiger partial charge in [0.15, 0.2) is 11.6 Å². The van der Waals surface area contributed by atoms with Gasteiger partial charge in [-0.2, -0.15) is 0 Å². The Morgan fingerprint density at radius 2 is 2.10 bits per heavy atom. The molecule has 0 aromatic rings. The Morgan fingerprint density at radius 1 is 1.33 bits per heavy atom. The van der Waals surface area contributed by atoms with Crippen LogP contribution in [0.2, 0.25) is 0 Å². The standard InChI is InChI=1S/C14H13NO6/c1-20-6-7-4-8-10(15(18)19)5-9-11(16)2-3-12(17)13(9)14(8)21-7/h2-5,8,10,13-14H,6H2,1H3/t8-,10-,13-,14-/m0/s1. The van der Waals surface area contributed by atoms with Crippen LogP contribution in [-0.4, -0.2) is 42.4 Å². The number of carbonyl (C=O) groups is 2. The van der Waals surface area contributed by atoms with Gasteiger partial charge in [-0.1, -0.05) is 0 Å². The first-order valence-electron chi connectivity index (χ1n) is 6.50. The normalized spacial score (nSPS) is 33.8. The minimum atomic E-state index is -1.07. The second-order valence-corrected chi connectivity index (χ2v) is 5.20. The van der Waals surface area contributed by atoms with Crippen molar-refractivity contribution < 1.29 is 24.0 Å². The van der Waals surface area contributed by atoms with Crippen LogP contribution in [0.3, 0.4) is 0 Å². The maximum absolute atomic E-state index is 12.1. The predicted octanol–water partition coefficient (Wildman–Crippen LogP) is 0.441. The highest BCUT2D eigenvalue weighted by molar-refractivity contribution is 6.16. The number of allylic oxidation sites excluding steroid dienone is 2. The van der Waals surface area contributed by atoms with Gasteiger partial charge >= 0.3 is 0 Å². The lowest BCUT2D eigenvalue weighted by atomic mass is 9.71. The Morgan fingerprint density at radius 3 is 2.76 bits per heavy atom. The van der Waals surface area contributed by atoms with E-state index in [1.165, 1.54) is 19.3 Å². The van der Waals surface area contributed by atoms with Gasteiger partial charge in [-0.05, 0) is 24.3 Å². The molecule has 0 saturated heterocycles. The zero-order valence-electron chi connectivity index (χ0n) is 11.2. The minimum Gasteiger partial charge on any atom is -0.491 e. The molecule has 0 bridgehead atoms. The van der Waals surface area contributed by atoms with Crippen molar-refractivity contribution in [3.8, 4) is 0 Å². The molecule has 0 unspecified atom stereocenters. The smallest absolute Gasteiger partial charge is 0.241 e. The Kier molecular flexibility index (Phi) is 3.21. The first kappa shape index (κ1) is 13.7. The largest absolute Gasteiger partial charge is 0.491 e. The summed E-state index contributed by atoms with van der Waals surface area (Å²) in [6.07, 6.45) is 4.58. The number of ether oxygens (including phenoxy) is 2. The summed E-state index contributed by atoms with van der Waals surface area (Å²) in [7, 11) is 1.48. The Bertz CT molecular complexity index is 617. The van der Waals surface area contributed by atoms with Gasteiger partial charge in [0.2, 0.25) is 6.04 Å². The molecule has 3 rings (SSSR count). The number of ketones is 2.